The first kappa shape index (κ1) is 75.0. The molecule has 6 heteroatoms. The summed E-state index contributed by atoms with van der Waals surface area (Å²) >= 11 is 0. The normalized spacial score (nSPS) is 13.6. The molecule has 0 bridgehead atoms. The van der Waals surface area contributed by atoms with Gasteiger partial charge in [-0.1, -0.05) is 253 Å². The third kappa shape index (κ3) is 64.7. The molecule has 0 radical (unpaired) electrons. The first-order chi connectivity index (χ1) is 40.0. The van der Waals surface area contributed by atoms with Crippen molar-refractivity contribution in [3.8, 4) is 0 Å². The summed E-state index contributed by atoms with van der Waals surface area (Å²) in [6.07, 6.45) is 103. The Morgan fingerprint density at radius 3 is 0.765 bits per heavy atom. The van der Waals surface area contributed by atoms with Gasteiger partial charge in [-0.25, -0.2) is 0 Å². The highest BCUT2D eigenvalue weighted by Crippen LogP contribution is 2.12. The second-order valence-electron chi connectivity index (χ2n) is 19.8. The van der Waals surface area contributed by atoms with Gasteiger partial charge in [0.05, 0.1) is 0 Å². The SMILES string of the molecule is CC/C=C\C/C=C\C/C=C\C/C=C\C/C=C\C/C=C\C/C=C\CCCC(=O)OCC(COC(=O)CCCCCCCC/C=C\C/C=C\C/C=C\C/C=C\CC)OC(=O)CCCC/C=C\C/C=C\C/C=C\C/C=C\C/C=C\C/C=C\CC. The van der Waals surface area contributed by atoms with E-state index in [-0.39, 0.29) is 44.0 Å². The monoisotopic (exact) mass is 1110 g/mol. The van der Waals surface area contributed by atoms with Crippen molar-refractivity contribution in [1.29, 1.82) is 0 Å². The fraction of sp³-hybridized carbons (Fsp3) is 0.507. The molecule has 448 valence electrons. The highest BCUT2D eigenvalue weighted by atomic mass is 16.6. The van der Waals surface area contributed by atoms with Crippen LogP contribution in [0.3, 0.4) is 0 Å². The summed E-state index contributed by atoms with van der Waals surface area (Å²) in [6, 6.07) is 0. The molecule has 0 rings (SSSR count). The van der Waals surface area contributed by atoms with Crippen LogP contribution in [0.15, 0.2) is 207 Å². The van der Waals surface area contributed by atoms with Crippen LogP contribution >= 0.6 is 0 Å². The zero-order chi connectivity index (χ0) is 58.5. The third-order valence-corrected chi connectivity index (χ3v) is 12.3. The fourth-order valence-corrected chi connectivity index (χ4v) is 7.66. The van der Waals surface area contributed by atoms with Gasteiger partial charge in [-0.2, -0.15) is 0 Å². The lowest BCUT2D eigenvalue weighted by Gasteiger charge is -2.18. The van der Waals surface area contributed by atoms with Crippen LogP contribution in [0.4, 0.5) is 0 Å². The van der Waals surface area contributed by atoms with E-state index in [1.165, 1.54) is 12.8 Å². The number of carbonyl (C=O) groups is 3. The summed E-state index contributed by atoms with van der Waals surface area (Å²) in [5.41, 5.74) is 0. The number of rotatable bonds is 54. The molecule has 0 amide bonds. The highest BCUT2D eigenvalue weighted by Gasteiger charge is 2.19. The Bertz CT molecular complexity index is 2000. The fourth-order valence-electron chi connectivity index (χ4n) is 7.66. The van der Waals surface area contributed by atoms with Crippen molar-refractivity contribution in [1.82, 2.24) is 0 Å². The lowest BCUT2D eigenvalue weighted by molar-refractivity contribution is -0.167. The Kier molecular flexibility index (Phi) is 61.6. The highest BCUT2D eigenvalue weighted by molar-refractivity contribution is 5.71. The Morgan fingerprint density at radius 2 is 0.457 bits per heavy atom. The zero-order valence-electron chi connectivity index (χ0n) is 51.2. The number of esters is 3. The van der Waals surface area contributed by atoms with Gasteiger partial charge in [0.15, 0.2) is 6.10 Å². The lowest BCUT2D eigenvalue weighted by atomic mass is 10.1. The Morgan fingerprint density at radius 1 is 0.247 bits per heavy atom. The van der Waals surface area contributed by atoms with E-state index >= 15 is 0 Å². The van der Waals surface area contributed by atoms with Gasteiger partial charge in [0.25, 0.3) is 0 Å². The van der Waals surface area contributed by atoms with E-state index in [9.17, 15) is 14.4 Å². The predicted molar refractivity (Wildman–Crippen MR) is 352 cm³/mol. The number of allylic oxidation sites excluding steroid dienone is 34. The molecule has 0 spiro atoms. The molecular weight excluding hydrogens is 997 g/mol. The zero-order valence-corrected chi connectivity index (χ0v) is 51.2. The van der Waals surface area contributed by atoms with Gasteiger partial charge in [-0.15, -0.1) is 0 Å². The van der Waals surface area contributed by atoms with Crippen LogP contribution < -0.4 is 0 Å². The summed E-state index contributed by atoms with van der Waals surface area (Å²) in [6.45, 7) is 6.18. The van der Waals surface area contributed by atoms with Crippen LogP contribution in [0.5, 0.6) is 0 Å². The minimum atomic E-state index is -0.847. The molecule has 0 N–H and O–H groups in total. The molecule has 0 saturated heterocycles. The van der Waals surface area contributed by atoms with Gasteiger partial charge >= 0.3 is 17.9 Å². The molecule has 0 aromatic rings. The van der Waals surface area contributed by atoms with Gasteiger partial charge in [0.2, 0.25) is 0 Å². The van der Waals surface area contributed by atoms with Crippen molar-refractivity contribution in [3.05, 3.63) is 207 Å². The summed E-state index contributed by atoms with van der Waals surface area (Å²) in [4.78, 5) is 38.3. The van der Waals surface area contributed by atoms with E-state index in [4.69, 9.17) is 14.2 Å². The number of ether oxygens (including phenoxy) is 3. The van der Waals surface area contributed by atoms with Crippen molar-refractivity contribution >= 4 is 17.9 Å². The Balaban J connectivity index is 4.65. The first-order valence-corrected chi connectivity index (χ1v) is 31.6. The van der Waals surface area contributed by atoms with E-state index in [1.54, 1.807) is 0 Å². The quantitative estimate of drug-likeness (QED) is 0.0261. The van der Waals surface area contributed by atoms with Crippen LogP contribution in [0.25, 0.3) is 0 Å². The van der Waals surface area contributed by atoms with Crippen LogP contribution in [0, 0.1) is 0 Å². The van der Waals surface area contributed by atoms with E-state index in [1.807, 2.05) is 0 Å². The lowest BCUT2D eigenvalue weighted by Crippen LogP contribution is -2.30. The number of unbranched alkanes of at least 4 members (excludes halogenated alkanes) is 9. The van der Waals surface area contributed by atoms with Crippen LogP contribution in [-0.2, 0) is 28.6 Å². The van der Waals surface area contributed by atoms with E-state index < -0.39 is 6.10 Å². The standard InChI is InChI=1S/C75H112O6/c1-4-7-10-13-16-19-22-25-28-31-34-36-37-39-41-44-47-50-53-56-59-62-65-68-74(77)80-71-72(70-79-73(76)67-64-61-58-55-52-49-46-43-40-33-30-27-24-21-18-15-12-9-6-3)81-75(78)69-66-63-60-57-54-51-48-45-42-38-35-32-29-26-23-20-17-14-11-8-5-2/h7-12,16-21,25-30,34-36,38-41,43,45,47-48,50,54,56-57,59,72H,4-6,13-15,22-24,31-33,37,42,44,46,49,51-53,55,58,60-71H2,1-3H3/b10-7-,11-8-,12-9-,19-16-,20-17-,21-18-,28-25-,29-26-,30-27-,36-34-,38-35-,41-39-,43-40-,48-45-,50-47-,57-54-,59-56-. The van der Waals surface area contributed by atoms with Crippen molar-refractivity contribution in [2.75, 3.05) is 13.2 Å². The molecule has 0 heterocycles. The minimum Gasteiger partial charge on any atom is -0.462 e. The molecule has 6 nitrogen and oxygen atoms in total. The van der Waals surface area contributed by atoms with Crippen molar-refractivity contribution in [3.63, 3.8) is 0 Å². The average molecular weight is 1110 g/mol. The average Bonchev–Trinajstić information content (AvgIpc) is 3.47. The molecule has 0 saturated carbocycles. The molecule has 0 aliphatic heterocycles. The molecule has 0 aliphatic rings. The van der Waals surface area contributed by atoms with Crippen LogP contribution in [-0.4, -0.2) is 37.2 Å². The van der Waals surface area contributed by atoms with Crippen molar-refractivity contribution in [2.45, 2.75) is 232 Å². The molecule has 0 aromatic heterocycles. The number of hydrogen-bond acceptors (Lipinski definition) is 6. The Labute approximate surface area is 496 Å². The summed E-state index contributed by atoms with van der Waals surface area (Å²) in [5, 5.41) is 0. The number of carbonyl (C=O) groups excluding carboxylic acids is 3. The molecular formula is C75H112O6. The van der Waals surface area contributed by atoms with Crippen LogP contribution in [0.2, 0.25) is 0 Å². The van der Waals surface area contributed by atoms with E-state index in [2.05, 4.69) is 227 Å². The summed E-state index contributed by atoms with van der Waals surface area (Å²) in [5.74, 6) is -1.06. The van der Waals surface area contributed by atoms with Crippen LogP contribution in [0.1, 0.15) is 226 Å². The van der Waals surface area contributed by atoms with Gasteiger partial charge < -0.3 is 14.2 Å². The summed E-state index contributed by atoms with van der Waals surface area (Å²) < 4.78 is 16.8. The van der Waals surface area contributed by atoms with Gasteiger partial charge in [0, 0.05) is 19.3 Å². The molecule has 0 aliphatic carbocycles. The van der Waals surface area contributed by atoms with E-state index in [0.29, 0.717) is 19.3 Å². The molecule has 0 aromatic carbocycles. The predicted octanol–water partition coefficient (Wildman–Crippen LogP) is 22.0. The second-order valence-corrected chi connectivity index (χ2v) is 19.8. The van der Waals surface area contributed by atoms with Gasteiger partial charge in [-0.05, 0) is 161 Å². The first-order valence-electron chi connectivity index (χ1n) is 31.6. The topological polar surface area (TPSA) is 78.9 Å². The van der Waals surface area contributed by atoms with Gasteiger partial charge in [-0.3, -0.25) is 14.4 Å². The maximum atomic E-state index is 12.9. The third-order valence-electron chi connectivity index (χ3n) is 12.3. The molecule has 81 heavy (non-hydrogen) atoms. The van der Waals surface area contributed by atoms with Gasteiger partial charge in [0.1, 0.15) is 13.2 Å². The molecule has 0 fully saturated rings. The van der Waals surface area contributed by atoms with Crippen molar-refractivity contribution < 1.29 is 28.6 Å². The maximum Gasteiger partial charge on any atom is 0.306 e. The molecule has 1 unspecified atom stereocenters. The van der Waals surface area contributed by atoms with E-state index in [0.717, 1.165) is 161 Å². The second kappa shape index (κ2) is 66.5. The maximum absolute atomic E-state index is 12.9. The molecule has 1 atom stereocenters. The smallest absolute Gasteiger partial charge is 0.306 e. The summed E-state index contributed by atoms with van der Waals surface area (Å²) in [7, 11) is 0. The minimum absolute atomic E-state index is 0.134. The number of hydrogen-bond donors (Lipinski definition) is 0. The Hall–Kier alpha value is -6.01. The van der Waals surface area contributed by atoms with Crippen molar-refractivity contribution in [2.24, 2.45) is 0 Å². The largest absolute Gasteiger partial charge is 0.462 e.